The number of carbonyl (C=O) groups is 2. The van der Waals surface area contributed by atoms with Crippen LogP contribution in [0.2, 0.25) is 0 Å². The van der Waals surface area contributed by atoms with Crippen LogP contribution in [0.5, 0.6) is 0 Å². The van der Waals surface area contributed by atoms with Gasteiger partial charge in [-0.25, -0.2) is 9.18 Å². The first-order chi connectivity index (χ1) is 10.0. The van der Waals surface area contributed by atoms with Gasteiger partial charge in [-0.05, 0) is 37.6 Å². The maximum atomic E-state index is 13.1. The van der Waals surface area contributed by atoms with Crippen LogP contribution < -0.4 is 5.32 Å². The van der Waals surface area contributed by atoms with E-state index in [-0.39, 0.29) is 5.78 Å². The fourth-order valence-electron chi connectivity index (χ4n) is 2.89. The van der Waals surface area contributed by atoms with Gasteiger partial charge in [-0.3, -0.25) is 4.79 Å². The highest BCUT2D eigenvalue weighted by atomic mass is 19.1. The molecule has 1 aromatic rings. The summed E-state index contributed by atoms with van der Waals surface area (Å²) in [5, 5.41) is 11.8. The summed E-state index contributed by atoms with van der Waals surface area (Å²) in [7, 11) is 1.60. The lowest BCUT2D eigenvalue weighted by atomic mass is 9.73. The number of nitrogens with one attached hydrogen (secondary N) is 1. The number of hydrogen-bond acceptors (Lipinski definition) is 5. The Kier molecular flexibility index (Phi) is 4.69. The van der Waals surface area contributed by atoms with E-state index in [0.717, 1.165) is 0 Å². The van der Waals surface area contributed by atoms with Crippen LogP contribution >= 0.6 is 0 Å². The Hall–Kier alpha value is -1.79. The molecule has 0 aromatic heterocycles. The van der Waals surface area contributed by atoms with Crippen molar-refractivity contribution in [2.45, 2.75) is 30.9 Å². The van der Waals surface area contributed by atoms with Crippen molar-refractivity contribution in [3.05, 3.63) is 35.6 Å². The molecule has 1 aliphatic carbocycles. The molecule has 0 saturated heterocycles. The number of ether oxygens (including phenoxy) is 1. The molecule has 5 nitrogen and oxygen atoms in total. The number of aliphatic hydroxyl groups excluding tert-OH is 1. The van der Waals surface area contributed by atoms with Gasteiger partial charge in [-0.15, -0.1) is 0 Å². The molecule has 0 amide bonds. The number of halogens is 1. The molecule has 1 unspecified atom stereocenters. The average Bonchev–Trinajstić information content (AvgIpc) is 2.49. The number of ketones is 1. The van der Waals surface area contributed by atoms with Gasteiger partial charge in [0.25, 0.3) is 0 Å². The van der Waals surface area contributed by atoms with Crippen molar-refractivity contribution < 1.29 is 23.8 Å². The van der Waals surface area contributed by atoms with Gasteiger partial charge >= 0.3 is 5.97 Å². The monoisotopic (exact) mass is 295 g/mol. The Morgan fingerprint density at radius 1 is 1.48 bits per heavy atom. The molecule has 1 fully saturated rings. The second-order valence-electron chi connectivity index (χ2n) is 5.02. The molecule has 0 bridgehead atoms. The van der Waals surface area contributed by atoms with Gasteiger partial charge in [0.2, 0.25) is 0 Å². The molecule has 1 aliphatic rings. The number of rotatable bonds is 4. The van der Waals surface area contributed by atoms with Crippen LogP contribution in [-0.2, 0) is 19.9 Å². The van der Waals surface area contributed by atoms with Crippen LogP contribution in [0.4, 0.5) is 4.39 Å². The topological polar surface area (TPSA) is 75.6 Å². The number of hydrogen-bond donors (Lipinski definition) is 2. The third-order valence-electron chi connectivity index (χ3n) is 3.89. The molecule has 1 saturated carbocycles. The normalized spacial score (nSPS) is 25.7. The van der Waals surface area contributed by atoms with E-state index >= 15 is 0 Å². The largest absolute Gasteiger partial charge is 0.458 e. The zero-order valence-corrected chi connectivity index (χ0v) is 11.8. The van der Waals surface area contributed by atoms with Crippen LogP contribution in [0.1, 0.15) is 24.8 Å². The van der Waals surface area contributed by atoms with Gasteiger partial charge in [0.05, 0.1) is 0 Å². The summed E-state index contributed by atoms with van der Waals surface area (Å²) >= 11 is 0. The minimum Gasteiger partial charge on any atom is -0.458 e. The van der Waals surface area contributed by atoms with E-state index in [4.69, 9.17) is 9.84 Å². The zero-order chi connectivity index (χ0) is 15.5. The number of esters is 1. The van der Waals surface area contributed by atoms with Crippen molar-refractivity contribution in [1.82, 2.24) is 5.32 Å². The highest BCUT2D eigenvalue weighted by Gasteiger charge is 2.49. The van der Waals surface area contributed by atoms with Gasteiger partial charge in [-0.1, -0.05) is 12.1 Å². The predicted molar refractivity (Wildman–Crippen MR) is 73.0 cm³/mol. The quantitative estimate of drug-likeness (QED) is 0.807. The number of Topliss-reactive ketones (excluding diaryl/α,β-unsaturated/α-hetero) is 1. The number of benzene rings is 1. The van der Waals surface area contributed by atoms with Crippen LogP contribution in [0.25, 0.3) is 0 Å². The molecule has 0 radical (unpaired) electrons. The predicted octanol–water partition coefficient (Wildman–Crippen LogP) is 0.897. The lowest BCUT2D eigenvalue weighted by Crippen LogP contribution is -2.59. The van der Waals surface area contributed by atoms with E-state index in [1.165, 1.54) is 24.3 Å². The number of likely N-dealkylation sites (N-methyl/N-ethyl adjacent to an activating group) is 1. The Labute approximate surface area is 122 Å². The molecule has 114 valence electrons. The highest BCUT2D eigenvalue weighted by molar-refractivity contribution is 5.91. The van der Waals surface area contributed by atoms with Crippen LogP contribution in [0, 0.1) is 5.82 Å². The SMILES string of the molecule is CN[C@@]1(c2ccc(F)cc2)C(=O)CCCC1OC(=O)CO. The first-order valence-corrected chi connectivity index (χ1v) is 6.83. The van der Waals surface area contributed by atoms with E-state index in [1.807, 2.05) is 0 Å². The molecule has 0 aliphatic heterocycles. The van der Waals surface area contributed by atoms with Gasteiger partial charge < -0.3 is 15.2 Å². The fraction of sp³-hybridized carbons (Fsp3) is 0.467. The molecule has 0 spiro atoms. The summed E-state index contributed by atoms with van der Waals surface area (Å²) in [6, 6.07) is 5.55. The summed E-state index contributed by atoms with van der Waals surface area (Å²) in [6.07, 6.45) is 0.724. The lowest BCUT2D eigenvalue weighted by molar-refractivity contribution is -0.162. The van der Waals surface area contributed by atoms with Crippen molar-refractivity contribution in [3.8, 4) is 0 Å². The second-order valence-corrected chi connectivity index (χ2v) is 5.02. The first kappa shape index (κ1) is 15.6. The van der Waals surface area contributed by atoms with Gasteiger partial charge in [-0.2, -0.15) is 0 Å². The molecule has 2 rings (SSSR count). The number of aliphatic hydroxyl groups is 1. The lowest BCUT2D eigenvalue weighted by Gasteiger charge is -2.42. The molecular weight excluding hydrogens is 277 g/mol. The Bertz CT molecular complexity index is 531. The van der Waals surface area contributed by atoms with Crippen molar-refractivity contribution in [1.29, 1.82) is 0 Å². The van der Waals surface area contributed by atoms with Crippen LogP contribution in [-0.4, -0.2) is 36.6 Å². The summed E-state index contributed by atoms with van der Waals surface area (Å²) in [5.41, 5.74) is -0.650. The molecule has 2 atom stereocenters. The highest BCUT2D eigenvalue weighted by Crippen LogP contribution is 2.36. The molecule has 0 heterocycles. The van der Waals surface area contributed by atoms with Crippen molar-refractivity contribution in [2.24, 2.45) is 0 Å². The van der Waals surface area contributed by atoms with Gasteiger partial charge in [0.15, 0.2) is 5.78 Å². The summed E-state index contributed by atoms with van der Waals surface area (Å²) in [6.45, 7) is -0.742. The van der Waals surface area contributed by atoms with Crippen molar-refractivity contribution >= 4 is 11.8 Å². The van der Waals surface area contributed by atoms with E-state index in [9.17, 15) is 14.0 Å². The Morgan fingerprint density at radius 3 is 2.71 bits per heavy atom. The third kappa shape index (κ3) is 2.82. The van der Waals surface area contributed by atoms with E-state index in [0.29, 0.717) is 24.8 Å². The summed E-state index contributed by atoms with van der Waals surface area (Å²) in [4.78, 5) is 23.9. The van der Waals surface area contributed by atoms with E-state index < -0.39 is 30.0 Å². The van der Waals surface area contributed by atoms with E-state index in [1.54, 1.807) is 7.05 Å². The number of carbonyl (C=O) groups excluding carboxylic acids is 2. The second kappa shape index (κ2) is 6.32. The van der Waals surface area contributed by atoms with Crippen LogP contribution in [0.15, 0.2) is 24.3 Å². The minimum absolute atomic E-state index is 0.112. The van der Waals surface area contributed by atoms with Crippen molar-refractivity contribution in [3.63, 3.8) is 0 Å². The van der Waals surface area contributed by atoms with Gasteiger partial charge in [0.1, 0.15) is 24.1 Å². The first-order valence-electron chi connectivity index (χ1n) is 6.83. The minimum atomic E-state index is -1.20. The fourth-order valence-corrected chi connectivity index (χ4v) is 2.89. The van der Waals surface area contributed by atoms with Gasteiger partial charge in [0, 0.05) is 6.42 Å². The maximum Gasteiger partial charge on any atom is 0.332 e. The smallest absolute Gasteiger partial charge is 0.332 e. The summed E-state index contributed by atoms with van der Waals surface area (Å²) < 4.78 is 18.4. The zero-order valence-electron chi connectivity index (χ0n) is 11.8. The van der Waals surface area contributed by atoms with Crippen molar-refractivity contribution in [2.75, 3.05) is 13.7 Å². The molecule has 1 aromatic carbocycles. The Balaban J connectivity index is 2.44. The van der Waals surface area contributed by atoms with E-state index in [2.05, 4.69) is 5.32 Å². The molecule has 21 heavy (non-hydrogen) atoms. The standard InChI is InChI=1S/C15H18FNO4/c1-17-15(10-5-7-11(16)8-6-10)12(19)3-2-4-13(15)21-14(20)9-18/h5-8,13,17-18H,2-4,9H2,1H3/t13?,15-/m0/s1. The third-order valence-corrected chi connectivity index (χ3v) is 3.89. The molecule has 6 heteroatoms. The molecular formula is C15H18FNO4. The molecule has 2 N–H and O–H groups in total. The van der Waals surface area contributed by atoms with Crippen LogP contribution in [0.3, 0.4) is 0 Å². The maximum absolute atomic E-state index is 13.1. The average molecular weight is 295 g/mol. The summed E-state index contributed by atoms with van der Waals surface area (Å²) in [5.74, 6) is -1.30. The Morgan fingerprint density at radius 2 is 2.14 bits per heavy atom.